The van der Waals surface area contributed by atoms with Gasteiger partial charge in [-0.05, 0) is 56.0 Å². The first-order valence-electron chi connectivity index (χ1n) is 10.2. The lowest BCUT2D eigenvalue weighted by atomic mass is 10.0. The molecule has 160 valence electrons. The number of benzene rings is 1. The van der Waals surface area contributed by atoms with Gasteiger partial charge in [0, 0.05) is 11.6 Å². The van der Waals surface area contributed by atoms with Crippen molar-refractivity contribution in [1.82, 2.24) is 19.5 Å². The van der Waals surface area contributed by atoms with Crippen molar-refractivity contribution in [2.45, 2.75) is 39.2 Å². The van der Waals surface area contributed by atoms with E-state index in [0.29, 0.717) is 23.1 Å². The smallest absolute Gasteiger partial charge is 0.146 e. The van der Waals surface area contributed by atoms with Gasteiger partial charge in [-0.2, -0.15) is 0 Å². The lowest BCUT2D eigenvalue weighted by Gasteiger charge is -2.16. The van der Waals surface area contributed by atoms with Crippen LogP contribution in [0.25, 0.3) is 21.9 Å². The second kappa shape index (κ2) is 8.51. The van der Waals surface area contributed by atoms with Gasteiger partial charge < -0.3 is 16.0 Å². The third kappa shape index (κ3) is 4.18. The highest BCUT2D eigenvalue weighted by Gasteiger charge is 2.13. The highest BCUT2D eigenvalue weighted by Crippen LogP contribution is 2.28. The molecule has 31 heavy (non-hydrogen) atoms. The molecule has 1 atom stereocenters. The van der Waals surface area contributed by atoms with E-state index in [0.717, 1.165) is 29.4 Å². The number of nitrogens with two attached hydrogens (primary N) is 2. The van der Waals surface area contributed by atoms with Gasteiger partial charge in [-0.1, -0.05) is 30.2 Å². The number of allylic oxidation sites excluding steroid dienone is 2. The van der Waals surface area contributed by atoms with Gasteiger partial charge in [-0.3, -0.25) is 0 Å². The van der Waals surface area contributed by atoms with E-state index in [4.69, 9.17) is 23.1 Å². The zero-order valence-electron chi connectivity index (χ0n) is 17.4. The zero-order chi connectivity index (χ0) is 22.1. The third-order valence-corrected chi connectivity index (χ3v) is 5.83. The van der Waals surface area contributed by atoms with Gasteiger partial charge in [0.05, 0.1) is 22.0 Å². The molecule has 1 unspecified atom stereocenters. The van der Waals surface area contributed by atoms with Gasteiger partial charge in [0.25, 0.3) is 0 Å². The van der Waals surface area contributed by atoms with Crippen molar-refractivity contribution < 1.29 is 4.39 Å². The van der Waals surface area contributed by atoms with E-state index in [2.05, 4.69) is 39.4 Å². The number of hydrogen-bond acceptors (Lipinski definition) is 5. The predicted octanol–water partition coefficient (Wildman–Crippen LogP) is 5.47. The van der Waals surface area contributed by atoms with Crippen LogP contribution in [0.3, 0.4) is 0 Å². The first-order chi connectivity index (χ1) is 14.9. The zero-order valence-corrected chi connectivity index (χ0v) is 18.2. The fourth-order valence-electron chi connectivity index (χ4n) is 3.83. The molecule has 0 saturated heterocycles. The lowest BCUT2D eigenvalue weighted by molar-refractivity contribution is 0.594. The molecule has 0 aliphatic rings. The number of aromatic nitrogens is 4. The molecule has 8 heteroatoms. The van der Waals surface area contributed by atoms with E-state index in [1.54, 1.807) is 6.07 Å². The maximum atomic E-state index is 14.5. The molecule has 0 amide bonds. The molecule has 3 heterocycles. The van der Waals surface area contributed by atoms with Crippen molar-refractivity contribution in [2.75, 3.05) is 11.5 Å². The van der Waals surface area contributed by atoms with E-state index in [-0.39, 0.29) is 22.7 Å². The van der Waals surface area contributed by atoms with Gasteiger partial charge >= 0.3 is 0 Å². The molecule has 0 radical (unpaired) electrons. The Morgan fingerprint density at radius 3 is 2.77 bits per heavy atom. The third-order valence-electron chi connectivity index (χ3n) is 5.52. The first-order valence-corrected chi connectivity index (χ1v) is 10.5. The van der Waals surface area contributed by atoms with E-state index in [9.17, 15) is 4.39 Å². The van der Waals surface area contributed by atoms with Crippen LogP contribution in [0.5, 0.6) is 0 Å². The van der Waals surface area contributed by atoms with Gasteiger partial charge in [-0.25, -0.2) is 19.3 Å². The van der Waals surface area contributed by atoms with Crippen LogP contribution in [0.4, 0.5) is 16.0 Å². The van der Waals surface area contributed by atoms with E-state index in [1.807, 2.05) is 18.3 Å². The number of halogens is 2. The summed E-state index contributed by atoms with van der Waals surface area (Å²) < 4.78 is 16.6. The molecule has 4 N–H and O–H groups in total. The molecule has 0 aliphatic heterocycles. The summed E-state index contributed by atoms with van der Waals surface area (Å²) in [5, 5.41) is 1.49. The Morgan fingerprint density at radius 1 is 1.19 bits per heavy atom. The van der Waals surface area contributed by atoms with Crippen molar-refractivity contribution in [1.29, 1.82) is 0 Å². The first kappa shape index (κ1) is 21.1. The quantitative estimate of drug-likeness (QED) is 0.389. The summed E-state index contributed by atoms with van der Waals surface area (Å²) in [5.74, 6) is 0.343. The van der Waals surface area contributed by atoms with Crippen molar-refractivity contribution in [3.05, 3.63) is 64.8 Å². The monoisotopic (exact) mass is 438 g/mol. The Balaban J connectivity index is 1.55. The van der Waals surface area contributed by atoms with Gasteiger partial charge in [-0.15, -0.1) is 0 Å². The number of anilines is 2. The van der Waals surface area contributed by atoms with Crippen LogP contribution in [-0.2, 0) is 6.42 Å². The standard InChI is InChI=1S/C23H24ClFN6/c1-3-15(31-7-6-16-21(26)28-12-29-23(16)31)8-13(2)4-5-14-9-19(25)17-11-18(24)22(27)30-20(17)10-14/h6-12,15H,3-5H2,1-2H3,(H2,27,30)(H2,26,28,29)/b13-8+. The maximum absolute atomic E-state index is 14.5. The molecular weight excluding hydrogens is 415 g/mol. The minimum absolute atomic E-state index is 0.142. The number of fused-ring (bicyclic) bond motifs is 2. The molecular formula is C23H24ClFN6. The summed E-state index contributed by atoms with van der Waals surface area (Å²) in [6.07, 6.45) is 8.09. The molecule has 0 aliphatic carbocycles. The van der Waals surface area contributed by atoms with Gasteiger partial charge in [0.15, 0.2) is 0 Å². The predicted molar refractivity (Wildman–Crippen MR) is 124 cm³/mol. The molecule has 0 saturated carbocycles. The fraction of sp³-hybridized carbons (Fsp3) is 0.261. The van der Waals surface area contributed by atoms with Crippen LogP contribution < -0.4 is 11.5 Å². The second-order valence-electron chi connectivity index (χ2n) is 7.71. The summed E-state index contributed by atoms with van der Waals surface area (Å²) in [4.78, 5) is 12.7. The topological polar surface area (TPSA) is 95.6 Å². The van der Waals surface area contributed by atoms with E-state index >= 15 is 0 Å². The number of hydrogen-bond donors (Lipinski definition) is 2. The van der Waals surface area contributed by atoms with Crippen LogP contribution in [0.1, 0.15) is 38.3 Å². The van der Waals surface area contributed by atoms with Crippen LogP contribution in [-0.4, -0.2) is 19.5 Å². The summed E-state index contributed by atoms with van der Waals surface area (Å²) in [6, 6.07) is 7.02. The summed E-state index contributed by atoms with van der Waals surface area (Å²) in [6.45, 7) is 4.22. The van der Waals surface area contributed by atoms with Crippen LogP contribution in [0, 0.1) is 5.82 Å². The minimum Gasteiger partial charge on any atom is -0.383 e. The second-order valence-corrected chi connectivity index (χ2v) is 8.11. The fourth-order valence-corrected chi connectivity index (χ4v) is 3.98. The Morgan fingerprint density at radius 2 is 2.00 bits per heavy atom. The molecule has 1 aromatic carbocycles. The average Bonchev–Trinajstić information content (AvgIpc) is 3.17. The van der Waals surface area contributed by atoms with Crippen molar-refractivity contribution in [3.8, 4) is 0 Å². The number of nitrogens with zero attached hydrogens (tertiary/aromatic N) is 4. The summed E-state index contributed by atoms with van der Waals surface area (Å²) in [5.41, 5.74) is 15.2. The normalized spacial score (nSPS) is 13.2. The van der Waals surface area contributed by atoms with Crippen LogP contribution in [0.15, 0.2) is 48.4 Å². The minimum atomic E-state index is -0.342. The van der Waals surface area contributed by atoms with Crippen molar-refractivity contribution >= 4 is 45.2 Å². The Hall–Kier alpha value is -3.19. The Labute approximate surface area is 184 Å². The molecule has 0 spiro atoms. The van der Waals surface area contributed by atoms with Crippen molar-refractivity contribution in [3.63, 3.8) is 0 Å². The molecule has 0 bridgehead atoms. The Bertz CT molecular complexity index is 1300. The molecule has 6 nitrogen and oxygen atoms in total. The maximum Gasteiger partial charge on any atom is 0.146 e. The van der Waals surface area contributed by atoms with Crippen LogP contribution in [0.2, 0.25) is 5.02 Å². The summed E-state index contributed by atoms with van der Waals surface area (Å²) in [7, 11) is 0. The molecule has 4 aromatic rings. The van der Waals surface area contributed by atoms with E-state index in [1.165, 1.54) is 18.0 Å². The number of nitrogen functional groups attached to an aromatic ring is 2. The molecule has 3 aromatic heterocycles. The lowest BCUT2D eigenvalue weighted by Crippen LogP contribution is -2.06. The van der Waals surface area contributed by atoms with E-state index < -0.39 is 0 Å². The summed E-state index contributed by atoms with van der Waals surface area (Å²) >= 11 is 5.97. The Kier molecular flexibility index (Phi) is 5.78. The highest BCUT2D eigenvalue weighted by atomic mass is 35.5. The van der Waals surface area contributed by atoms with Gasteiger partial charge in [0.1, 0.15) is 29.4 Å². The number of rotatable bonds is 6. The van der Waals surface area contributed by atoms with Crippen LogP contribution >= 0.6 is 11.6 Å². The largest absolute Gasteiger partial charge is 0.383 e. The number of pyridine rings is 1. The number of aryl methyl sites for hydroxylation is 1. The molecule has 0 fully saturated rings. The van der Waals surface area contributed by atoms with Gasteiger partial charge in [0.2, 0.25) is 0 Å². The van der Waals surface area contributed by atoms with Crippen molar-refractivity contribution in [2.24, 2.45) is 0 Å². The highest BCUT2D eigenvalue weighted by molar-refractivity contribution is 6.33. The SMILES string of the molecule is CCC(/C=C(\C)CCc1cc(F)c2cc(Cl)c(N)nc2c1)n1ccc2c(N)ncnc21. The average molecular weight is 439 g/mol. The molecule has 4 rings (SSSR count).